The lowest BCUT2D eigenvalue weighted by Crippen LogP contribution is -2.60. The third kappa shape index (κ3) is 3.45. The van der Waals surface area contributed by atoms with Crippen LogP contribution in [0.3, 0.4) is 0 Å². The number of aromatic hydroxyl groups is 1. The Bertz CT molecular complexity index is 913. The van der Waals surface area contributed by atoms with E-state index in [1.165, 1.54) is 0 Å². The second kappa shape index (κ2) is 6.31. The number of hydrogen-bond donors (Lipinski definition) is 8. The fourth-order valence-corrected chi connectivity index (χ4v) is 7.01. The first-order valence-electron chi connectivity index (χ1n) is 6.55. The second-order valence-corrected chi connectivity index (χ2v) is 10.4. The minimum absolute atomic E-state index is 0.0521. The van der Waals surface area contributed by atoms with Crippen molar-refractivity contribution in [3.8, 4) is 5.75 Å². The number of thiophene rings is 1. The molecule has 1 aliphatic rings. The molecule has 9 N–H and O–H groups in total. The molecular weight excluding hydrogens is 420 g/mol. The van der Waals surface area contributed by atoms with Crippen LogP contribution in [-0.2, 0) is 24.6 Å². The maximum atomic E-state index is 12.5. The Labute approximate surface area is 150 Å². The van der Waals surface area contributed by atoms with Crippen LogP contribution in [0.5, 0.6) is 5.75 Å². The standard InChI is InChI=1S/C10H16N2O11S3/c1-23-8-10(17,18)5(12-2-9(14,15)16)3-4(13)7(26(11,21)22)24-6(3)25(8,19)20/h5,8,12-18H,2H2,1H3,(H2,11,21,22). The van der Waals surface area contributed by atoms with Gasteiger partial charge in [0.15, 0.2) is 9.96 Å². The number of methoxy groups -OCH3 is 1. The molecule has 2 rings (SSSR count). The van der Waals surface area contributed by atoms with Gasteiger partial charge in [0, 0.05) is 12.7 Å². The van der Waals surface area contributed by atoms with Gasteiger partial charge in [0.1, 0.15) is 4.21 Å². The van der Waals surface area contributed by atoms with Gasteiger partial charge in [-0.05, 0) is 0 Å². The molecule has 0 saturated heterocycles. The van der Waals surface area contributed by atoms with Crippen molar-refractivity contribution in [1.29, 1.82) is 0 Å². The fraction of sp³-hybridized carbons (Fsp3) is 0.600. The maximum Gasteiger partial charge on any atom is 0.288 e. The predicted molar refractivity (Wildman–Crippen MR) is 82.6 cm³/mol. The molecule has 1 aliphatic heterocycles. The third-order valence-corrected chi connectivity index (χ3v) is 8.70. The Morgan fingerprint density at radius 2 is 1.88 bits per heavy atom. The summed E-state index contributed by atoms with van der Waals surface area (Å²) >= 11 is 0.0521. The van der Waals surface area contributed by atoms with Crippen LogP contribution in [0, 0.1) is 0 Å². The largest absolute Gasteiger partial charge is 0.505 e. The summed E-state index contributed by atoms with van der Waals surface area (Å²) in [5.41, 5.74) is -3.13. The number of rotatable bonds is 5. The smallest absolute Gasteiger partial charge is 0.288 e. The van der Waals surface area contributed by atoms with Crippen molar-refractivity contribution >= 4 is 31.2 Å². The van der Waals surface area contributed by atoms with Gasteiger partial charge in [-0.1, -0.05) is 0 Å². The summed E-state index contributed by atoms with van der Waals surface area (Å²) in [6, 6.07) is -2.01. The zero-order chi connectivity index (χ0) is 20.3. The highest BCUT2D eigenvalue weighted by Gasteiger charge is 2.59. The molecular formula is C10H16N2O11S3. The zero-order valence-electron chi connectivity index (χ0n) is 12.9. The third-order valence-electron chi connectivity index (χ3n) is 3.47. The van der Waals surface area contributed by atoms with E-state index in [0.717, 1.165) is 7.11 Å². The topological polar surface area (TPSA) is 237 Å². The summed E-state index contributed by atoms with van der Waals surface area (Å²) in [5, 5.41) is 64.5. The normalized spacial score (nSPS) is 25.0. The van der Waals surface area contributed by atoms with E-state index in [1.54, 1.807) is 0 Å². The fourth-order valence-electron chi connectivity index (χ4n) is 2.52. The molecule has 0 fully saturated rings. The number of hydrogen-bond acceptors (Lipinski definition) is 13. The Kier molecular flexibility index (Phi) is 5.19. The van der Waals surface area contributed by atoms with Gasteiger partial charge in [-0.15, -0.1) is 11.3 Å². The van der Waals surface area contributed by atoms with Gasteiger partial charge in [0.05, 0.1) is 12.6 Å². The van der Waals surface area contributed by atoms with Crippen LogP contribution < -0.4 is 10.5 Å². The summed E-state index contributed by atoms with van der Waals surface area (Å²) in [5.74, 6) is -7.82. The predicted octanol–water partition coefficient (Wildman–Crippen LogP) is -4.20. The Morgan fingerprint density at radius 1 is 1.35 bits per heavy atom. The molecule has 16 heteroatoms. The minimum atomic E-state index is -4.70. The van der Waals surface area contributed by atoms with Gasteiger partial charge in [0.2, 0.25) is 21.1 Å². The lowest BCUT2D eigenvalue weighted by Gasteiger charge is -2.40. The lowest BCUT2D eigenvalue weighted by molar-refractivity contribution is -0.310. The Balaban J connectivity index is 2.79. The van der Waals surface area contributed by atoms with Crippen molar-refractivity contribution < 1.29 is 52.2 Å². The molecule has 1 aromatic heterocycles. The molecule has 0 amide bonds. The molecule has 2 heterocycles. The lowest BCUT2D eigenvalue weighted by atomic mass is 9.99. The van der Waals surface area contributed by atoms with E-state index in [4.69, 9.17) is 20.5 Å². The molecule has 0 radical (unpaired) electrons. The van der Waals surface area contributed by atoms with E-state index in [9.17, 15) is 32.2 Å². The first-order chi connectivity index (χ1) is 11.5. The van der Waals surface area contributed by atoms with Crippen LogP contribution >= 0.6 is 11.3 Å². The highest BCUT2D eigenvalue weighted by Crippen LogP contribution is 2.52. The van der Waals surface area contributed by atoms with E-state index in [2.05, 4.69) is 4.74 Å². The molecule has 13 nitrogen and oxygen atoms in total. The summed E-state index contributed by atoms with van der Waals surface area (Å²) in [4.78, 5) is 0. The van der Waals surface area contributed by atoms with Gasteiger partial charge in [0.25, 0.3) is 16.0 Å². The monoisotopic (exact) mass is 436 g/mol. The van der Waals surface area contributed by atoms with E-state index >= 15 is 0 Å². The van der Waals surface area contributed by atoms with E-state index < -0.39 is 69.4 Å². The van der Waals surface area contributed by atoms with Crippen LogP contribution in [0.4, 0.5) is 0 Å². The van der Waals surface area contributed by atoms with Crippen molar-refractivity contribution in [2.45, 2.75) is 31.7 Å². The molecule has 0 aromatic carbocycles. The molecule has 0 spiro atoms. The number of sulfone groups is 1. The van der Waals surface area contributed by atoms with Gasteiger partial charge in [-0.25, -0.2) is 22.0 Å². The minimum Gasteiger partial charge on any atom is -0.505 e. The van der Waals surface area contributed by atoms with Gasteiger partial charge in [-0.3, -0.25) is 5.32 Å². The molecule has 150 valence electrons. The summed E-state index contributed by atoms with van der Waals surface area (Å²) in [6.07, 6.45) is 0. The first kappa shape index (κ1) is 21.4. The van der Waals surface area contributed by atoms with E-state index in [0.29, 0.717) is 0 Å². The molecule has 2 atom stereocenters. The highest BCUT2D eigenvalue weighted by molar-refractivity contribution is 7.95. The number of sulfonamides is 1. The summed E-state index contributed by atoms with van der Waals surface area (Å²) < 4.78 is 51.0. The second-order valence-electron chi connectivity index (χ2n) is 5.47. The molecule has 2 unspecified atom stereocenters. The van der Waals surface area contributed by atoms with Gasteiger partial charge < -0.3 is 35.4 Å². The number of nitrogens with two attached hydrogens (primary N) is 1. The van der Waals surface area contributed by atoms with Crippen LogP contribution in [0.2, 0.25) is 0 Å². The van der Waals surface area contributed by atoms with Crippen molar-refractivity contribution in [3.05, 3.63) is 5.56 Å². The van der Waals surface area contributed by atoms with Crippen molar-refractivity contribution in [3.63, 3.8) is 0 Å². The quantitative estimate of drug-likeness (QED) is 0.205. The van der Waals surface area contributed by atoms with Crippen molar-refractivity contribution in [1.82, 2.24) is 5.32 Å². The SMILES string of the molecule is COC1C(O)(O)C(NCC(O)(O)O)c2c(sc(S(N)(=O)=O)c2O)S1(=O)=O. The zero-order valence-corrected chi connectivity index (χ0v) is 15.3. The van der Waals surface area contributed by atoms with Crippen molar-refractivity contribution in [2.75, 3.05) is 13.7 Å². The van der Waals surface area contributed by atoms with Crippen molar-refractivity contribution in [2.24, 2.45) is 5.14 Å². The highest BCUT2D eigenvalue weighted by atomic mass is 32.3. The number of primary sulfonamides is 1. The molecule has 0 bridgehead atoms. The number of aliphatic hydroxyl groups is 5. The maximum absolute atomic E-state index is 12.5. The number of ether oxygens (including phenoxy) is 1. The molecule has 0 aliphatic carbocycles. The first-order valence-corrected chi connectivity index (χ1v) is 10.5. The molecule has 26 heavy (non-hydrogen) atoms. The van der Waals surface area contributed by atoms with E-state index in [1.807, 2.05) is 5.32 Å². The average Bonchev–Trinajstić information content (AvgIpc) is 2.75. The van der Waals surface area contributed by atoms with Gasteiger partial charge in [-0.2, -0.15) is 0 Å². The summed E-state index contributed by atoms with van der Waals surface area (Å²) in [6.45, 7) is -1.14. The Morgan fingerprint density at radius 3 is 2.31 bits per heavy atom. The molecule has 1 aromatic rings. The van der Waals surface area contributed by atoms with E-state index in [-0.39, 0.29) is 11.3 Å². The Hall–Kier alpha value is -0.920. The summed E-state index contributed by atoms with van der Waals surface area (Å²) in [7, 11) is -8.46. The number of nitrogens with one attached hydrogen (secondary N) is 1. The van der Waals surface area contributed by atoms with Crippen LogP contribution in [0.15, 0.2) is 8.42 Å². The van der Waals surface area contributed by atoms with Crippen LogP contribution in [0.1, 0.15) is 11.6 Å². The molecule has 0 saturated carbocycles. The van der Waals surface area contributed by atoms with Crippen LogP contribution in [0.25, 0.3) is 0 Å². The van der Waals surface area contributed by atoms with Crippen LogP contribution in [-0.4, -0.2) is 78.3 Å². The average molecular weight is 436 g/mol. The van der Waals surface area contributed by atoms with Gasteiger partial charge >= 0.3 is 0 Å². The number of fused-ring (bicyclic) bond motifs is 1.